The Morgan fingerprint density at radius 2 is 1.72 bits per heavy atom. The van der Waals surface area contributed by atoms with E-state index in [0.717, 1.165) is 71.3 Å². The molecule has 0 radical (unpaired) electrons. The largest absolute Gasteiger partial charge is 0.399 e. The molecular formula is C25H29N7. The van der Waals surface area contributed by atoms with Gasteiger partial charge in [-0.2, -0.15) is 9.61 Å². The van der Waals surface area contributed by atoms with Gasteiger partial charge in [-0.05, 0) is 49.4 Å². The molecule has 3 heterocycles. The van der Waals surface area contributed by atoms with E-state index < -0.39 is 0 Å². The molecule has 7 heteroatoms. The summed E-state index contributed by atoms with van der Waals surface area (Å²) in [4.78, 5) is 9.80. The van der Waals surface area contributed by atoms with Crippen LogP contribution in [0.15, 0.2) is 54.7 Å². The fraction of sp³-hybridized carbons (Fsp3) is 0.280. The van der Waals surface area contributed by atoms with E-state index in [1.165, 1.54) is 5.69 Å². The van der Waals surface area contributed by atoms with Gasteiger partial charge in [0.2, 0.25) is 0 Å². The summed E-state index contributed by atoms with van der Waals surface area (Å²) in [6.07, 6.45) is 1.92. The monoisotopic (exact) mass is 427 g/mol. The Morgan fingerprint density at radius 1 is 0.969 bits per heavy atom. The van der Waals surface area contributed by atoms with Crippen LogP contribution < -0.4 is 16.0 Å². The number of benzene rings is 2. The van der Waals surface area contributed by atoms with Crippen LogP contribution in [0.4, 0.5) is 17.2 Å². The Morgan fingerprint density at radius 3 is 2.44 bits per heavy atom. The SMILES string of the molecule is CNc1c(-c2ccc(N)cc2)c(C)nc2c(-c3cccc(N4CCN(C)CC4)c3)cnn12. The first kappa shape index (κ1) is 20.3. The number of hydrogen-bond donors (Lipinski definition) is 2. The minimum atomic E-state index is 0.744. The molecule has 164 valence electrons. The Kier molecular flexibility index (Phi) is 5.19. The van der Waals surface area contributed by atoms with Crippen LogP contribution >= 0.6 is 0 Å². The van der Waals surface area contributed by atoms with Crippen molar-refractivity contribution in [3.8, 4) is 22.3 Å². The quantitative estimate of drug-likeness (QED) is 0.483. The Bertz CT molecular complexity index is 1250. The molecule has 2 aromatic heterocycles. The fourth-order valence-corrected chi connectivity index (χ4v) is 4.47. The third-order valence-electron chi connectivity index (χ3n) is 6.29. The number of rotatable bonds is 4. The second-order valence-corrected chi connectivity index (χ2v) is 8.43. The third-order valence-corrected chi connectivity index (χ3v) is 6.29. The van der Waals surface area contributed by atoms with E-state index in [1.54, 1.807) is 0 Å². The van der Waals surface area contributed by atoms with Gasteiger partial charge in [-0.25, -0.2) is 4.98 Å². The van der Waals surface area contributed by atoms with E-state index in [9.17, 15) is 0 Å². The predicted molar refractivity (Wildman–Crippen MR) is 132 cm³/mol. The Hall–Kier alpha value is -3.58. The van der Waals surface area contributed by atoms with E-state index in [1.807, 2.05) is 48.9 Å². The number of nitrogens with two attached hydrogens (primary N) is 1. The fourth-order valence-electron chi connectivity index (χ4n) is 4.47. The molecule has 2 aromatic carbocycles. The van der Waals surface area contributed by atoms with Crippen LogP contribution in [-0.2, 0) is 0 Å². The van der Waals surface area contributed by atoms with E-state index in [0.29, 0.717) is 0 Å². The van der Waals surface area contributed by atoms with Gasteiger partial charge in [-0.3, -0.25) is 0 Å². The van der Waals surface area contributed by atoms with Crippen molar-refractivity contribution in [2.75, 3.05) is 56.2 Å². The molecule has 0 saturated carbocycles. The number of anilines is 3. The number of nitrogens with one attached hydrogen (secondary N) is 1. The molecule has 32 heavy (non-hydrogen) atoms. The van der Waals surface area contributed by atoms with Gasteiger partial charge in [0.1, 0.15) is 5.82 Å². The van der Waals surface area contributed by atoms with Crippen LogP contribution in [-0.4, -0.2) is 59.8 Å². The van der Waals surface area contributed by atoms with Gasteiger partial charge in [-0.15, -0.1) is 0 Å². The van der Waals surface area contributed by atoms with Gasteiger partial charge < -0.3 is 20.9 Å². The molecule has 1 saturated heterocycles. The predicted octanol–water partition coefficient (Wildman–Crippen LogP) is 3.75. The number of aryl methyl sites for hydroxylation is 1. The van der Waals surface area contributed by atoms with Crippen LogP contribution in [0, 0.1) is 6.92 Å². The van der Waals surface area contributed by atoms with Gasteiger partial charge in [0.25, 0.3) is 0 Å². The molecule has 0 spiro atoms. The number of nitrogen functional groups attached to an aromatic ring is 1. The molecule has 0 unspecified atom stereocenters. The number of fused-ring (bicyclic) bond motifs is 1. The highest BCUT2D eigenvalue weighted by Gasteiger charge is 2.19. The van der Waals surface area contributed by atoms with Crippen molar-refractivity contribution in [1.82, 2.24) is 19.5 Å². The summed E-state index contributed by atoms with van der Waals surface area (Å²) in [6.45, 7) is 6.30. The summed E-state index contributed by atoms with van der Waals surface area (Å²) < 4.78 is 1.90. The first-order valence-corrected chi connectivity index (χ1v) is 11.0. The average molecular weight is 428 g/mol. The maximum atomic E-state index is 5.89. The first-order chi connectivity index (χ1) is 15.5. The lowest BCUT2D eigenvalue weighted by Gasteiger charge is -2.34. The van der Waals surface area contributed by atoms with Crippen LogP contribution in [0.5, 0.6) is 0 Å². The van der Waals surface area contributed by atoms with Crippen molar-refractivity contribution < 1.29 is 0 Å². The lowest BCUT2D eigenvalue weighted by atomic mass is 10.0. The molecule has 1 aliphatic rings. The first-order valence-electron chi connectivity index (χ1n) is 11.0. The zero-order chi connectivity index (χ0) is 22.2. The van der Waals surface area contributed by atoms with Crippen molar-refractivity contribution in [2.45, 2.75) is 6.92 Å². The van der Waals surface area contributed by atoms with Crippen molar-refractivity contribution in [1.29, 1.82) is 0 Å². The van der Waals surface area contributed by atoms with Crippen LogP contribution in [0.2, 0.25) is 0 Å². The van der Waals surface area contributed by atoms with Crippen LogP contribution in [0.25, 0.3) is 27.9 Å². The van der Waals surface area contributed by atoms with Gasteiger partial charge in [0.15, 0.2) is 5.65 Å². The summed E-state index contributed by atoms with van der Waals surface area (Å²) in [6, 6.07) is 16.6. The number of likely N-dealkylation sites (N-methyl/N-ethyl adjacent to an activating group) is 1. The molecule has 3 N–H and O–H groups in total. The highest BCUT2D eigenvalue weighted by Crippen LogP contribution is 2.35. The molecule has 0 atom stereocenters. The lowest BCUT2D eigenvalue weighted by molar-refractivity contribution is 0.313. The third kappa shape index (κ3) is 3.54. The second-order valence-electron chi connectivity index (χ2n) is 8.43. The van der Waals surface area contributed by atoms with E-state index >= 15 is 0 Å². The summed E-state index contributed by atoms with van der Waals surface area (Å²) in [5.41, 5.74) is 13.9. The summed E-state index contributed by atoms with van der Waals surface area (Å²) in [7, 11) is 4.10. The van der Waals surface area contributed by atoms with Gasteiger partial charge >= 0.3 is 0 Å². The topological polar surface area (TPSA) is 74.7 Å². The average Bonchev–Trinajstić information content (AvgIpc) is 3.23. The summed E-state index contributed by atoms with van der Waals surface area (Å²) >= 11 is 0. The summed E-state index contributed by atoms with van der Waals surface area (Å²) in [5, 5.41) is 8.05. The minimum Gasteiger partial charge on any atom is -0.399 e. The van der Waals surface area contributed by atoms with Crippen molar-refractivity contribution in [2.24, 2.45) is 0 Å². The molecule has 0 aliphatic carbocycles. The molecule has 4 aromatic rings. The molecular weight excluding hydrogens is 398 g/mol. The summed E-state index contributed by atoms with van der Waals surface area (Å²) in [5.74, 6) is 0.916. The number of hydrogen-bond acceptors (Lipinski definition) is 6. The van der Waals surface area contributed by atoms with Gasteiger partial charge in [-0.1, -0.05) is 24.3 Å². The standard InChI is InChI=1S/C25H29N7/c1-17-23(18-7-9-20(26)10-8-18)25(27-2)32-24(29-17)22(16-28-32)19-5-4-6-21(15-19)31-13-11-30(3)12-14-31/h4-10,15-16,27H,11-14,26H2,1-3H3. The maximum Gasteiger partial charge on any atom is 0.165 e. The highest BCUT2D eigenvalue weighted by atomic mass is 15.3. The second kappa shape index (κ2) is 8.16. The minimum absolute atomic E-state index is 0.744. The van der Waals surface area contributed by atoms with Crippen molar-refractivity contribution >= 4 is 22.8 Å². The van der Waals surface area contributed by atoms with E-state index in [-0.39, 0.29) is 0 Å². The van der Waals surface area contributed by atoms with Crippen molar-refractivity contribution in [3.05, 3.63) is 60.4 Å². The number of nitrogens with zero attached hydrogens (tertiary/aromatic N) is 5. The maximum absolute atomic E-state index is 5.89. The van der Waals surface area contributed by atoms with Gasteiger partial charge in [0.05, 0.1) is 11.9 Å². The smallest absolute Gasteiger partial charge is 0.165 e. The Balaban J connectivity index is 1.59. The molecule has 7 nitrogen and oxygen atoms in total. The number of piperazine rings is 1. The normalized spacial score (nSPS) is 14.8. The molecule has 1 fully saturated rings. The van der Waals surface area contributed by atoms with Crippen LogP contribution in [0.1, 0.15) is 5.69 Å². The van der Waals surface area contributed by atoms with Crippen molar-refractivity contribution in [3.63, 3.8) is 0 Å². The number of aromatic nitrogens is 3. The van der Waals surface area contributed by atoms with E-state index in [4.69, 9.17) is 15.8 Å². The zero-order valence-corrected chi connectivity index (χ0v) is 18.8. The highest BCUT2D eigenvalue weighted by molar-refractivity contribution is 5.85. The van der Waals surface area contributed by atoms with E-state index in [2.05, 4.69) is 46.4 Å². The molecule has 1 aliphatic heterocycles. The Labute approximate surface area is 188 Å². The van der Waals surface area contributed by atoms with Crippen LogP contribution in [0.3, 0.4) is 0 Å². The lowest BCUT2D eigenvalue weighted by Crippen LogP contribution is -2.44. The molecule has 0 bridgehead atoms. The molecule has 5 rings (SSSR count). The zero-order valence-electron chi connectivity index (χ0n) is 18.8. The van der Waals surface area contributed by atoms with Gasteiger partial charge in [0, 0.05) is 55.7 Å². The molecule has 0 amide bonds.